The minimum absolute atomic E-state index is 0. The number of esters is 2. The molecule has 2 aliphatic heterocycles. The number of ether oxygens (including phenoxy) is 10. The predicted octanol–water partition coefficient (Wildman–Crippen LogP) is 5.07. The molecular formula is C53H72ClN2O12+. The van der Waals surface area contributed by atoms with E-state index in [4.69, 9.17) is 47.4 Å². The normalized spacial score (nSPS) is 19.3. The Morgan fingerprint density at radius 3 is 1.16 bits per heavy atom. The molecule has 372 valence electrons. The molecule has 0 N–H and O–H groups in total. The first kappa shape index (κ1) is 53.4. The Morgan fingerprint density at radius 1 is 0.471 bits per heavy atom. The van der Waals surface area contributed by atoms with Crippen LogP contribution >= 0.6 is 0 Å². The van der Waals surface area contributed by atoms with Crippen molar-refractivity contribution < 1.29 is 78.3 Å². The molecule has 6 rings (SSSR count). The van der Waals surface area contributed by atoms with Crippen LogP contribution < -0.4 is 50.3 Å². The number of hydrogen-bond acceptors (Lipinski definition) is 12. The summed E-state index contributed by atoms with van der Waals surface area (Å²) < 4.78 is 57.8. The van der Waals surface area contributed by atoms with E-state index in [1.54, 1.807) is 56.9 Å². The number of fused-ring (bicyclic) bond motifs is 2. The smallest absolute Gasteiger partial charge is 0.311 e. The fourth-order valence-corrected chi connectivity index (χ4v) is 9.91. The summed E-state index contributed by atoms with van der Waals surface area (Å²) in [6.07, 6.45) is 5.85. The first-order chi connectivity index (χ1) is 32.4. The van der Waals surface area contributed by atoms with Crippen LogP contribution in [0.15, 0.2) is 60.7 Å². The molecule has 0 amide bonds. The molecule has 4 atom stereocenters. The van der Waals surface area contributed by atoms with Crippen LogP contribution in [0.4, 0.5) is 0 Å². The number of rotatable bonds is 24. The molecule has 0 saturated heterocycles. The Kier molecular flexibility index (Phi) is 19.3. The fourth-order valence-electron chi connectivity index (χ4n) is 9.91. The van der Waals surface area contributed by atoms with Gasteiger partial charge in [0.1, 0.15) is 12.1 Å². The Labute approximate surface area is 409 Å². The highest BCUT2D eigenvalue weighted by Gasteiger charge is 2.42. The zero-order valence-corrected chi connectivity index (χ0v) is 42.5. The molecule has 0 saturated carbocycles. The number of benzene rings is 4. The molecule has 0 bridgehead atoms. The summed E-state index contributed by atoms with van der Waals surface area (Å²) in [5.74, 6) is 5.06. The third kappa shape index (κ3) is 12.5. The number of quaternary nitrogens is 2. The Hall–Kier alpha value is -5.57. The maximum atomic E-state index is 13.2. The summed E-state index contributed by atoms with van der Waals surface area (Å²) in [6.45, 7) is 3.57. The van der Waals surface area contributed by atoms with E-state index in [0.717, 1.165) is 56.3 Å². The van der Waals surface area contributed by atoms with E-state index in [0.29, 0.717) is 107 Å². The number of carbonyl (C=O) groups excluding carboxylic acids is 2. The van der Waals surface area contributed by atoms with Gasteiger partial charge in [0.05, 0.1) is 123 Å². The number of hydrogen-bond donors (Lipinski definition) is 0. The van der Waals surface area contributed by atoms with Crippen molar-refractivity contribution in [2.75, 3.05) is 110 Å². The Bertz CT molecular complexity index is 2170. The molecule has 2 aliphatic rings. The van der Waals surface area contributed by atoms with Gasteiger partial charge in [0.15, 0.2) is 46.0 Å². The molecule has 0 fully saturated rings. The van der Waals surface area contributed by atoms with Crippen molar-refractivity contribution in [3.63, 3.8) is 0 Å². The molecule has 4 unspecified atom stereocenters. The van der Waals surface area contributed by atoms with Crippen LogP contribution in [0.3, 0.4) is 0 Å². The van der Waals surface area contributed by atoms with Crippen LogP contribution in [-0.2, 0) is 44.7 Å². The molecule has 68 heavy (non-hydrogen) atoms. The summed E-state index contributed by atoms with van der Waals surface area (Å²) >= 11 is 0. The second kappa shape index (κ2) is 24.6. The standard InChI is InChI=1S/C53H72N2O12.ClH/c1-54(22-18-38-32-48(62-7)50(64-9)34-40(38)42(54)28-36-14-16-44(58-3)46(30-36)60-5)24-20-52(56)66-26-12-11-13-27-67-53(57)21-25-55(2)23-19-39-33-49(63-8)51(65-10)35-41(39)43(55)29-37-15-17-45(59-4)47(31-37)61-6;/h14-17,30-35,42-43H,11-13,18-29H2,1-10H3;1H/q+2;/p-1. The Balaban J connectivity index is 0.00000864. The molecule has 4 aromatic carbocycles. The number of methoxy groups -OCH3 is 8. The number of nitrogens with zero attached hydrogens (tertiary/aromatic N) is 2. The topological polar surface area (TPSA) is 126 Å². The van der Waals surface area contributed by atoms with Crippen molar-refractivity contribution in [3.05, 3.63) is 94.0 Å². The van der Waals surface area contributed by atoms with Crippen molar-refractivity contribution in [3.8, 4) is 46.0 Å². The van der Waals surface area contributed by atoms with Gasteiger partial charge in [-0.15, -0.1) is 0 Å². The van der Waals surface area contributed by atoms with Crippen molar-refractivity contribution >= 4 is 11.9 Å². The quantitative estimate of drug-likeness (QED) is 0.0529. The maximum absolute atomic E-state index is 13.2. The van der Waals surface area contributed by atoms with Crippen LogP contribution in [0.25, 0.3) is 0 Å². The first-order valence-corrected chi connectivity index (χ1v) is 23.3. The van der Waals surface area contributed by atoms with Gasteiger partial charge in [-0.25, -0.2) is 0 Å². The third-order valence-corrected chi connectivity index (χ3v) is 14.0. The van der Waals surface area contributed by atoms with Crippen molar-refractivity contribution in [1.29, 1.82) is 0 Å². The highest BCUT2D eigenvalue weighted by atomic mass is 35.5. The van der Waals surface area contributed by atoms with Crippen LogP contribution in [0.2, 0.25) is 0 Å². The summed E-state index contributed by atoms with van der Waals surface area (Å²) in [4.78, 5) is 26.4. The van der Waals surface area contributed by atoms with Gasteiger partial charge in [0, 0.05) is 36.8 Å². The minimum Gasteiger partial charge on any atom is -1.00 e. The summed E-state index contributed by atoms with van der Waals surface area (Å²) in [5, 5.41) is 0. The zero-order valence-electron chi connectivity index (χ0n) is 41.7. The van der Waals surface area contributed by atoms with Gasteiger partial charge in [-0.2, -0.15) is 0 Å². The van der Waals surface area contributed by atoms with Gasteiger partial charge in [0.25, 0.3) is 0 Å². The summed E-state index contributed by atoms with van der Waals surface area (Å²) in [5.41, 5.74) is 7.00. The van der Waals surface area contributed by atoms with Gasteiger partial charge in [-0.1, -0.05) is 12.1 Å². The second-order valence-electron chi connectivity index (χ2n) is 18.0. The lowest BCUT2D eigenvalue weighted by Gasteiger charge is -2.46. The lowest BCUT2D eigenvalue weighted by molar-refractivity contribution is -0.940. The average molecular weight is 965 g/mol. The number of halogens is 1. The largest absolute Gasteiger partial charge is 1.00 e. The summed E-state index contributed by atoms with van der Waals surface area (Å²) in [6, 6.07) is 20.5. The van der Waals surface area contributed by atoms with E-state index in [1.807, 2.05) is 24.3 Å². The molecule has 0 aromatic heterocycles. The van der Waals surface area contributed by atoms with Crippen molar-refractivity contribution in [2.45, 2.75) is 69.9 Å². The molecule has 15 heteroatoms. The van der Waals surface area contributed by atoms with E-state index in [1.165, 1.54) is 22.3 Å². The van der Waals surface area contributed by atoms with Gasteiger partial charge in [-0.3, -0.25) is 9.59 Å². The number of unbranched alkanes of at least 4 members (excludes halogenated alkanes) is 2. The number of carbonyl (C=O) groups is 2. The monoisotopic (exact) mass is 963 g/mol. The minimum atomic E-state index is -0.215. The molecular weight excluding hydrogens is 892 g/mol. The van der Waals surface area contributed by atoms with Crippen LogP contribution in [-0.4, -0.2) is 131 Å². The highest BCUT2D eigenvalue weighted by Crippen LogP contribution is 2.45. The van der Waals surface area contributed by atoms with E-state index in [9.17, 15) is 9.59 Å². The molecule has 14 nitrogen and oxygen atoms in total. The lowest BCUT2D eigenvalue weighted by Crippen LogP contribution is -3.00. The molecule has 0 aliphatic carbocycles. The second-order valence-corrected chi connectivity index (χ2v) is 18.0. The van der Waals surface area contributed by atoms with Crippen LogP contribution in [0, 0.1) is 0 Å². The van der Waals surface area contributed by atoms with Gasteiger partial charge < -0.3 is 68.7 Å². The van der Waals surface area contributed by atoms with E-state index in [2.05, 4.69) is 50.5 Å². The van der Waals surface area contributed by atoms with Gasteiger partial charge in [-0.05, 0) is 90.0 Å². The van der Waals surface area contributed by atoms with Crippen LogP contribution in [0.5, 0.6) is 46.0 Å². The lowest BCUT2D eigenvalue weighted by atomic mass is 9.86. The molecule has 0 radical (unpaired) electrons. The average Bonchev–Trinajstić information content (AvgIpc) is 3.35. The van der Waals surface area contributed by atoms with Gasteiger partial charge in [0.2, 0.25) is 0 Å². The fraction of sp³-hybridized carbons (Fsp3) is 0.509. The maximum Gasteiger partial charge on any atom is 0.311 e. The first-order valence-electron chi connectivity index (χ1n) is 23.3. The van der Waals surface area contributed by atoms with Gasteiger partial charge >= 0.3 is 11.9 Å². The van der Waals surface area contributed by atoms with Crippen LogP contribution in [0.1, 0.15) is 77.6 Å². The van der Waals surface area contributed by atoms with E-state index in [-0.39, 0.29) is 36.4 Å². The third-order valence-electron chi connectivity index (χ3n) is 14.0. The zero-order chi connectivity index (χ0) is 48.1. The molecule has 4 aromatic rings. The van der Waals surface area contributed by atoms with E-state index >= 15 is 0 Å². The Morgan fingerprint density at radius 2 is 0.809 bits per heavy atom. The molecule has 0 spiro atoms. The van der Waals surface area contributed by atoms with Crippen molar-refractivity contribution in [1.82, 2.24) is 0 Å². The molecule has 2 heterocycles. The predicted molar refractivity (Wildman–Crippen MR) is 255 cm³/mol. The summed E-state index contributed by atoms with van der Waals surface area (Å²) in [7, 11) is 17.6. The number of likely N-dealkylation sites (N-methyl/N-ethyl adjacent to an activating group) is 2. The SMILES string of the molecule is COc1ccc(CC2c3cc(OC)c(OC)cc3CC[N+]2(C)CCC(=O)OCCCCCOC(=O)CC[N+]2(C)CCc3cc(OC)c(OC)cc3C2Cc2ccc(OC)c(OC)c2)cc1OC.[Cl-]. The van der Waals surface area contributed by atoms with E-state index < -0.39 is 0 Å². The van der Waals surface area contributed by atoms with Crippen molar-refractivity contribution in [2.24, 2.45) is 0 Å². The highest BCUT2D eigenvalue weighted by molar-refractivity contribution is 5.69.